The number of hydrogen-bond acceptors (Lipinski definition) is 6. The molecular weight excluding hydrogens is 360 g/mol. The molecule has 2 heterocycles. The third-order valence-electron chi connectivity index (χ3n) is 4.43. The Hall–Kier alpha value is -3.68. The number of anilines is 1. The van der Waals surface area contributed by atoms with Crippen LogP contribution in [0.2, 0.25) is 0 Å². The predicted molar refractivity (Wildman–Crippen MR) is 100 cm³/mol. The summed E-state index contributed by atoms with van der Waals surface area (Å²) in [5, 5.41) is 11.1. The first-order chi connectivity index (χ1) is 13.6. The third kappa shape index (κ3) is 3.57. The number of nitrogens with zero attached hydrogens (tertiary/aromatic N) is 3. The highest BCUT2D eigenvalue weighted by atomic mass is 16.5. The second-order valence-electron chi connectivity index (χ2n) is 6.32. The smallest absolute Gasteiger partial charge is 0.307 e. The fourth-order valence-electron chi connectivity index (χ4n) is 3.03. The zero-order valence-corrected chi connectivity index (χ0v) is 15.2. The van der Waals surface area contributed by atoms with Gasteiger partial charge in [-0.15, -0.1) is 5.10 Å². The molecule has 0 fully saturated rings. The number of hydrogen-bond donors (Lipinski definition) is 1. The number of aryl methyl sites for hydroxylation is 1. The van der Waals surface area contributed by atoms with Crippen LogP contribution in [-0.2, 0) is 22.5 Å². The highest BCUT2D eigenvalue weighted by Gasteiger charge is 2.22. The fourth-order valence-corrected chi connectivity index (χ4v) is 3.03. The minimum absolute atomic E-state index is 0.219. The lowest BCUT2D eigenvalue weighted by Crippen LogP contribution is -2.12. The van der Waals surface area contributed by atoms with E-state index in [0.29, 0.717) is 41.4 Å². The van der Waals surface area contributed by atoms with E-state index in [1.807, 2.05) is 24.3 Å². The predicted octanol–water partition coefficient (Wildman–Crippen LogP) is 2.79. The van der Waals surface area contributed by atoms with Gasteiger partial charge in [-0.3, -0.25) is 14.3 Å². The summed E-state index contributed by atoms with van der Waals surface area (Å²) >= 11 is 0. The van der Waals surface area contributed by atoms with Gasteiger partial charge in [-0.2, -0.15) is 0 Å². The van der Waals surface area contributed by atoms with Crippen LogP contribution in [0.5, 0.6) is 11.5 Å². The number of ether oxygens (including phenoxy) is 2. The van der Waals surface area contributed by atoms with Gasteiger partial charge in [-0.05, 0) is 23.8 Å². The SMILES string of the molecule is COC(=O)CCn1cc(Cc2cccc3c2NC(=O)c2ccccc2O3)nn1. The lowest BCUT2D eigenvalue weighted by molar-refractivity contribution is -0.140. The first-order valence-electron chi connectivity index (χ1n) is 8.80. The number of rotatable bonds is 5. The average molecular weight is 378 g/mol. The molecule has 1 aromatic heterocycles. The number of carbonyl (C=O) groups excluding carboxylic acids is 2. The Morgan fingerprint density at radius 1 is 1.18 bits per heavy atom. The number of benzene rings is 2. The second-order valence-corrected chi connectivity index (χ2v) is 6.32. The molecule has 0 unspecified atom stereocenters. The van der Waals surface area contributed by atoms with Crippen LogP contribution in [0, 0.1) is 0 Å². The molecule has 4 rings (SSSR count). The van der Waals surface area contributed by atoms with Crippen molar-refractivity contribution in [3.63, 3.8) is 0 Å². The molecule has 0 saturated heterocycles. The molecule has 0 atom stereocenters. The molecule has 2 aromatic carbocycles. The van der Waals surface area contributed by atoms with Crippen molar-refractivity contribution in [3.8, 4) is 11.5 Å². The summed E-state index contributed by atoms with van der Waals surface area (Å²) in [5.74, 6) is 0.576. The van der Waals surface area contributed by atoms with Crippen molar-refractivity contribution in [2.24, 2.45) is 0 Å². The molecule has 142 valence electrons. The maximum absolute atomic E-state index is 12.6. The maximum Gasteiger partial charge on any atom is 0.307 e. The number of para-hydroxylation sites is 2. The van der Waals surface area contributed by atoms with E-state index in [0.717, 1.165) is 5.56 Å². The van der Waals surface area contributed by atoms with Crippen molar-refractivity contribution < 1.29 is 19.1 Å². The molecule has 3 aromatic rings. The quantitative estimate of drug-likeness (QED) is 0.686. The molecule has 0 bridgehead atoms. The normalized spacial score (nSPS) is 12.2. The van der Waals surface area contributed by atoms with E-state index in [9.17, 15) is 9.59 Å². The molecule has 0 spiro atoms. The van der Waals surface area contributed by atoms with Crippen LogP contribution in [0.1, 0.15) is 28.0 Å². The minimum atomic E-state index is -0.301. The Morgan fingerprint density at radius 2 is 2.00 bits per heavy atom. The summed E-state index contributed by atoms with van der Waals surface area (Å²) in [6.07, 6.45) is 2.46. The van der Waals surface area contributed by atoms with Gasteiger partial charge in [0.1, 0.15) is 5.75 Å². The number of nitrogens with one attached hydrogen (secondary N) is 1. The van der Waals surface area contributed by atoms with Crippen LogP contribution in [0.3, 0.4) is 0 Å². The molecule has 1 N–H and O–H groups in total. The second kappa shape index (κ2) is 7.51. The number of carbonyl (C=O) groups is 2. The monoisotopic (exact) mass is 378 g/mol. The first kappa shape index (κ1) is 17.7. The van der Waals surface area contributed by atoms with Crippen molar-refractivity contribution >= 4 is 17.6 Å². The maximum atomic E-state index is 12.6. The molecule has 1 aliphatic heterocycles. The van der Waals surface area contributed by atoms with Gasteiger partial charge in [0.15, 0.2) is 5.75 Å². The van der Waals surface area contributed by atoms with Gasteiger partial charge in [0.05, 0.1) is 37.0 Å². The zero-order valence-electron chi connectivity index (χ0n) is 15.2. The number of amides is 1. The molecule has 1 amide bonds. The van der Waals surface area contributed by atoms with Gasteiger partial charge in [-0.1, -0.05) is 29.5 Å². The molecule has 0 aliphatic carbocycles. The standard InChI is InChI=1S/C20H18N4O4/c1-27-18(25)9-10-24-12-14(22-23-24)11-13-5-4-8-17-19(13)21-20(26)15-6-2-3-7-16(15)28-17/h2-8,12H,9-11H2,1H3,(H,21,26). The van der Waals surface area contributed by atoms with E-state index in [2.05, 4.69) is 20.4 Å². The number of methoxy groups -OCH3 is 1. The van der Waals surface area contributed by atoms with E-state index in [-0.39, 0.29) is 18.3 Å². The average Bonchev–Trinajstić information content (AvgIpc) is 3.09. The van der Waals surface area contributed by atoms with Crippen LogP contribution in [0.4, 0.5) is 5.69 Å². The molecule has 1 aliphatic rings. The van der Waals surface area contributed by atoms with E-state index in [1.165, 1.54) is 7.11 Å². The highest BCUT2D eigenvalue weighted by molar-refractivity contribution is 6.08. The van der Waals surface area contributed by atoms with E-state index >= 15 is 0 Å². The van der Waals surface area contributed by atoms with Crippen molar-refractivity contribution in [2.75, 3.05) is 12.4 Å². The summed E-state index contributed by atoms with van der Waals surface area (Å²) in [6.45, 7) is 0.391. The number of esters is 1. The Morgan fingerprint density at radius 3 is 2.86 bits per heavy atom. The third-order valence-corrected chi connectivity index (χ3v) is 4.43. The molecule has 0 radical (unpaired) electrons. The van der Waals surface area contributed by atoms with Crippen LogP contribution < -0.4 is 10.1 Å². The van der Waals surface area contributed by atoms with Gasteiger partial charge >= 0.3 is 5.97 Å². The highest BCUT2D eigenvalue weighted by Crippen LogP contribution is 2.38. The van der Waals surface area contributed by atoms with Gasteiger partial charge in [0.2, 0.25) is 0 Å². The van der Waals surface area contributed by atoms with Crippen molar-refractivity contribution in [2.45, 2.75) is 19.4 Å². The van der Waals surface area contributed by atoms with Crippen molar-refractivity contribution in [3.05, 3.63) is 65.5 Å². The van der Waals surface area contributed by atoms with Gasteiger partial charge in [0.25, 0.3) is 5.91 Å². The summed E-state index contributed by atoms with van der Waals surface area (Å²) < 4.78 is 12.2. The lowest BCUT2D eigenvalue weighted by atomic mass is 10.1. The van der Waals surface area contributed by atoms with E-state index in [4.69, 9.17) is 4.74 Å². The minimum Gasteiger partial charge on any atom is -0.469 e. The molecular formula is C20H18N4O4. The van der Waals surface area contributed by atoms with E-state index in [1.54, 1.807) is 29.1 Å². The summed E-state index contributed by atoms with van der Waals surface area (Å²) in [5.41, 5.74) is 2.68. The zero-order chi connectivity index (χ0) is 19.5. The van der Waals surface area contributed by atoms with Gasteiger partial charge < -0.3 is 14.8 Å². The van der Waals surface area contributed by atoms with Gasteiger partial charge in [0, 0.05) is 12.6 Å². The molecule has 8 nitrogen and oxygen atoms in total. The van der Waals surface area contributed by atoms with E-state index < -0.39 is 0 Å². The Kier molecular flexibility index (Phi) is 4.76. The summed E-state index contributed by atoms with van der Waals surface area (Å²) in [6, 6.07) is 12.7. The summed E-state index contributed by atoms with van der Waals surface area (Å²) in [7, 11) is 1.35. The lowest BCUT2D eigenvalue weighted by Gasteiger charge is -2.11. The van der Waals surface area contributed by atoms with Crippen molar-refractivity contribution in [1.29, 1.82) is 0 Å². The first-order valence-corrected chi connectivity index (χ1v) is 8.80. The Balaban J connectivity index is 1.57. The van der Waals surface area contributed by atoms with Crippen LogP contribution in [0.25, 0.3) is 0 Å². The molecule has 28 heavy (non-hydrogen) atoms. The number of aromatic nitrogens is 3. The molecule has 0 saturated carbocycles. The van der Waals surface area contributed by atoms with Crippen molar-refractivity contribution in [1.82, 2.24) is 15.0 Å². The van der Waals surface area contributed by atoms with Gasteiger partial charge in [-0.25, -0.2) is 0 Å². The Labute approximate surface area is 161 Å². The fraction of sp³-hybridized carbons (Fsp3) is 0.200. The topological polar surface area (TPSA) is 95.3 Å². The number of fused-ring (bicyclic) bond motifs is 2. The van der Waals surface area contributed by atoms with Crippen LogP contribution in [0.15, 0.2) is 48.7 Å². The van der Waals surface area contributed by atoms with Crippen LogP contribution in [-0.4, -0.2) is 34.0 Å². The Bertz CT molecular complexity index is 1040. The largest absolute Gasteiger partial charge is 0.469 e. The molecule has 8 heteroatoms. The van der Waals surface area contributed by atoms with Crippen LogP contribution >= 0.6 is 0 Å². The summed E-state index contributed by atoms with van der Waals surface area (Å²) in [4.78, 5) is 23.8.